The Kier molecular flexibility index (Phi) is 12.7. The Morgan fingerprint density at radius 1 is 1.35 bits per heavy atom. The average Bonchev–Trinajstić information content (AvgIpc) is 2.20. The summed E-state index contributed by atoms with van der Waals surface area (Å²) >= 11 is 1.45. The zero-order valence-corrected chi connectivity index (χ0v) is 12.6. The number of hydrogen-bond acceptors (Lipinski definition) is 6. The topological polar surface area (TPSA) is 113 Å². The summed E-state index contributed by atoms with van der Waals surface area (Å²) < 4.78 is 0. The first-order chi connectivity index (χ1) is 7.47. The smallest absolute Gasteiger partial charge is 0.862 e. The normalized spacial score (nSPS) is 12.6. The van der Waals surface area contributed by atoms with Gasteiger partial charge < -0.3 is 20.1 Å². The number of carbonyl (C=O) groups is 2. The van der Waals surface area contributed by atoms with Gasteiger partial charge in [-0.05, 0) is 37.2 Å². The van der Waals surface area contributed by atoms with Crippen LogP contribution in [0.4, 0.5) is 0 Å². The van der Waals surface area contributed by atoms with E-state index in [2.05, 4.69) is 4.99 Å². The minimum Gasteiger partial charge on any atom is -0.862 e. The third kappa shape index (κ3) is 10.9. The van der Waals surface area contributed by atoms with Gasteiger partial charge in [0.25, 0.3) is 0 Å². The van der Waals surface area contributed by atoms with Crippen molar-refractivity contribution in [2.75, 3.05) is 12.0 Å². The van der Waals surface area contributed by atoms with Crippen molar-refractivity contribution in [1.29, 1.82) is 0 Å². The molecule has 0 aromatic carbocycles. The van der Waals surface area contributed by atoms with E-state index >= 15 is 0 Å². The van der Waals surface area contributed by atoms with Crippen LogP contribution < -0.4 is 10.2 Å². The van der Waals surface area contributed by atoms with E-state index in [0.717, 1.165) is 0 Å². The van der Waals surface area contributed by atoms with E-state index in [1.54, 1.807) is 0 Å². The van der Waals surface area contributed by atoms with Crippen molar-refractivity contribution in [1.82, 2.24) is 0 Å². The zero-order chi connectivity index (χ0) is 12.6. The molecule has 0 aromatic heterocycles. The molecule has 6 nitrogen and oxygen atoms in total. The minimum atomic E-state index is -1.35. The van der Waals surface area contributed by atoms with Gasteiger partial charge in [-0.3, -0.25) is 4.99 Å². The van der Waals surface area contributed by atoms with Crippen molar-refractivity contribution < 1.29 is 24.9 Å². The molecule has 0 fully saturated rings. The predicted molar refractivity (Wildman–Crippen MR) is 61.9 cm³/mol. The summed E-state index contributed by atoms with van der Waals surface area (Å²) in [5.74, 6) is -2.65. The number of thioether (sulfide) groups is 1. The molecule has 8 heteroatoms. The second-order valence-corrected chi connectivity index (χ2v) is 4.02. The zero-order valence-electron chi connectivity index (χ0n) is 9.55. The Bertz CT molecular complexity index is 285. The summed E-state index contributed by atoms with van der Waals surface area (Å²) in [7, 11) is 0. The van der Waals surface area contributed by atoms with Crippen LogP contribution in [0.5, 0.6) is 0 Å². The average molecular weight is 287 g/mol. The van der Waals surface area contributed by atoms with Crippen molar-refractivity contribution in [2.45, 2.75) is 25.3 Å². The number of nitrogens with zero attached hydrogens (tertiary/aromatic N) is 1. The van der Waals surface area contributed by atoms with Gasteiger partial charge in [0.1, 0.15) is 6.04 Å². The van der Waals surface area contributed by atoms with Crippen molar-refractivity contribution in [3.05, 3.63) is 0 Å². The van der Waals surface area contributed by atoms with Crippen LogP contribution in [0, 0.1) is 0 Å². The van der Waals surface area contributed by atoms with Gasteiger partial charge in [0.2, 0.25) is 0 Å². The molecule has 0 amide bonds. The SMILES string of the molecule is CSCC[C@H](N=C([O-])CCC(=O)[O-])C(=O)O.[Ca+2]. The first-order valence-electron chi connectivity index (χ1n) is 4.62. The van der Waals surface area contributed by atoms with E-state index in [1.165, 1.54) is 11.8 Å². The number of carboxylic acids is 2. The number of aliphatic carboxylic acids is 2. The summed E-state index contributed by atoms with van der Waals surface area (Å²) in [6.45, 7) is 0. The van der Waals surface area contributed by atoms with Crippen LogP contribution in [0.15, 0.2) is 4.99 Å². The fourth-order valence-electron chi connectivity index (χ4n) is 0.920. The molecule has 0 aliphatic rings. The molecule has 17 heavy (non-hydrogen) atoms. The fraction of sp³-hybridized carbons (Fsp3) is 0.667. The largest absolute Gasteiger partial charge is 2.00 e. The van der Waals surface area contributed by atoms with E-state index in [4.69, 9.17) is 5.11 Å². The first kappa shape index (κ1) is 19.4. The van der Waals surface area contributed by atoms with Gasteiger partial charge in [0.15, 0.2) is 0 Å². The number of carbonyl (C=O) groups excluding carboxylic acids is 1. The van der Waals surface area contributed by atoms with Crippen LogP contribution in [0.3, 0.4) is 0 Å². The molecule has 0 radical (unpaired) electrons. The standard InChI is InChI=1S/C9H15NO5S.Ca/c1-16-5-4-6(9(14)15)10-7(11)2-3-8(12)13;/h6H,2-5H2,1H3,(H,10,11)(H,12,13)(H,14,15);/q;+2/p-2/t6-;/m0./s1. The summed E-state index contributed by atoms with van der Waals surface area (Å²) in [6, 6.07) is -1.08. The number of hydrogen-bond donors (Lipinski definition) is 1. The molecule has 0 unspecified atom stereocenters. The van der Waals surface area contributed by atoms with Crippen LogP contribution >= 0.6 is 11.8 Å². The van der Waals surface area contributed by atoms with Crippen molar-refractivity contribution >= 4 is 67.3 Å². The molecule has 0 aliphatic heterocycles. The Morgan fingerprint density at radius 2 is 1.94 bits per heavy atom. The summed E-state index contributed by atoms with van der Waals surface area (Å²) in [5, 5.41) is 29.9. The maximum absolute atomic E-state index is 11.1. The summed E-state index contributed by atoms with van der Waals surface area (Å²) in [6.07, 6.45) is 1.33. The predicted octanol–water partition coefficient (Wildman–Crippen LogP) is -1.90. The molecule has 0 saturated heterocycles. The van der Waals surface area contributed by atoms with Gasteiger partial charge >= 0.3 is 43.7 Å². The molecule has 0 heterocycles. The molecule has 1 atom stereocenters. The van der Waals surface area contributed by atoms with Crippen LogP contribution in [0.25, 0.3) is 0 Å². The summed E-state index contributed by atoms with van der Waals surface area (Å²) in [5.41, 5.74) is 0. The van der Waals surface area contributed by atoms with E-state index in [1.807, 2.05) is 6.26 Å². The Balaban J connectivity index is 0. The van der Waals surface area contributed by atoms with Gasteiger partial charge in [0, 0.05) is 5.97 Å². The van der Waals surface area contributed by atoms with Gasteiger partial charge in [-0.15, -0.1) is 0 Å². The molecule has 92 valence electrons. The molecule has 0 aliphatic carbocycles. The maximum Gasteiger partial charge on any atom is 2.00 e. The second-order valence-electron chi connectivity index (χ2n) is 3.03. The first-order valence-corrected chi connectivity index (χ1v) is 6.02. The Labute approximate surface area is 133 Å². The van der Waals surface area contributed by atoms with Crippen LogP contribution in [-0.4, -0.2) is 78.7 Å². The monoisotopic (exact) mass is 287 g/mol. The minimum absolute atomic E-state index is 0. The molecule has 0 saturated carbocycles. The van der Waals surface area contributed by atoms with E-state index in [0.29, 0.717) is 5.75 Å². The van der Waals surface area contributed by atoms with Gasteiger partial charge in [0.05, 0.1) is 0 Å². The van der Waals surface area contributed by atoms with Crippen LogP contribution in [0.1, 0.15) is 19.3 Å². The van der Waals surface area contributed by atoms with Crippen molar-refractivity contribution in [3.63, 3.8) is 0 Å². The molecular formula is C9H13CaNO5S. The second kappa shape index (κ2) is 11.1. The Morgan fingerprint density at radius 3 is 2.35 bits per heavy atom. The number of aliphatic imine (C=N–C) groups is 1. The fourth-order valence-corrected chi connectivity index (χ4v) is 1.38. The van der Waals surface area contributed by atoms with E-state index in [9.17, 15) is 19.8 Å². The third-order valence-electron chi connectivity index (χ3n) is 1.72. The number of rotatable bonds is 8. The van der Waals surface area contributed by atoms with Crippen molar-refractivity contribution in [3.8, 4) is 0 Å². The van der Waals surface area contributed by atoms with Gasteiger partial charge in [-0.1, -0.05) is 0 Å². The quantitative estimate of drug-likeness (QED) is 0.317. The van der Waals surface area contributed by atoms with Crippen LogP contribution in [0.2, 0.25) is 0 Å². The third-order valence-corrected chi connectivity index (χ3v) is 2.37. The summed E-state index contributed by atoms with van der Waals surface area (Å²) in [4.78, 5) is 24.2. The van der Waals surface area contributed by atoms with E-state index in [-0.39, 0.29) is 50.6 Å². The molecule has 1 N–H and O–H groups in total. The Hall–Kier alpha value is 0.0197. The van der Waals surface area contributed by atoms with Gasteiger partial charge in [-0.2, -0.15) is 11.8 Å². The molecule has 0 aromatic rings. The molecule has 0 bridgehead atoms. The van der Waals surface area contributed by atoms with Crippen molar-refractivity contribution in [2.24, 2.45) is 4.99 Å². The molecule has 0 rings (SSSR count). The molecule has 0 spiro atoms. The van der Waals surface area contributed by atoms with Crippen LogP contribution in [-0.2, 0) is 9.59 Å². The van der Waals surface area contributed by atoms with Gasteiger partial charge in [-0.25, -0.2) is 4.79 Å². The molecular weight excluding hydrogens is 274 g/mol. The number of carboxylic acid groups (broad SMARTS) is 2. The maximum atomic E-state index is 11.1. The van der Waals surface area contributed by atoms with E-state index < -0.39 is 30.3 Å².